The van der Waals surface area contributed by atoms with Gasteiger partial charge in [-0.3, -0.25) is 4.57 Å². The highest BCUT2D eigenvalue weighted by Gasteiger charge is 2.18. The maximum absolute atomic E-state index is 5.34. The molecule has 0 unspecified atom stereocenters. The summed E-state index contributed by atoms with van der Waals surface area (Å²) in [5.41, 5.74) is 10.2. The van der Waals surface area contributed by atoms with Gasteiger partial charge in [-0.15, -0.1) is 0 Å². The third-order valence-corrected chi connectivity index (χ3v) is 9.65. The van der Waals surface area contributed by atoms with Crippen molar-refractivity contribution in [3.63, 3.8) is 0 Å². The van der Waals surface area contributed by atoms with E-state index in [1.807, 2.05) is 0 Å². The van der Waals surface area contributed by atoms with Gasteiger partial charge in [-0.1, -0.05) is 115 Å². The lowest BCUT2D eigenvalue weighted by atomic mass is 10.0. The molecule has 0 amide bonds. The summed E-state index contributed by atoms with van der Waals surface area (Å²) in [4.78, 5) is 5.34. The first-order valence-electron chi connectivity index (χ1n) is 16.4. The highest BCUT2D eigenvalue weighted by molar-refractivity contribution is 6.18. The summed E-state index contributed by atoms with van der Waals surface area (Å²) in [5, 5.41) is 7.36. The van der Waals surface area contributed by atoms with Gasteiger partial charge < -0.3 is 4.57 Å². The second-order valence-electron chi connectivity index (χ2n) is 12.5. The topological polar surface area (TPSA) is 22.8 Å². The van der Waals surface area contributed by atoms with Crippen molar-refractivity contribution in [1.29, 1.82) is 0 Å². The molecular weight excluding hydrogens is 583 g/mol. The molecule has 0 spiro atoms. The average molecular weight is 612 g/mol. The van der Waals surface area contributed by atoms with Gasteiger partial charge in [0.2, 0.25) is 0 Å². The van der Waals surface area contributed by atoms with Crippen LogP contribution in [0.5, 0.6) is 0 Å². The summed E-state index contributed by atoms with van der Waals surface area (Å²) in [6, 6.07) is 63.1. The highest BCUT2D eigenvalue weighted by atomic mass is 15.1. The number of para-hydroxylation sites is 3. The second-order valence-corrected chi connectivity index (χ2v) is 12.5. The van der Waals surface area contributed by atoms with Crippen LogP contribution in [0.15, 0.2) is 176 Å². The Hall–Kier alpha value is -6.45. The minimum absolute atomic E-state index is 0.905. The SMILES string of the molecule is c1ccc(-c2cc(-c3ccccc3)nc(-n3c4ccccc4c4cc5cc6c(cc5cc43)c3ccccc3n6-c3ccccc3)c2)cc1. The Morgan fingerprint density at radius 3 is 1.46 bits per heavy atom. The summed E-state index contributed by atoms with van der Waals surface area (Å²) < 4.78 is 4.74. The van der Waals surface area contributed by atoms with Crippen molar-refractivity contribution in [2.75, 3.05) is 0 Å². The Morgan fingerprint density at radius 1 is 0.333 bits per heavy atom. The van der Waals surface area contributed by atoms with Crippen molar-refractivity contribution < 1.29 is 0 Å². The number of hydrogen-bond donors (Lipinski definition) is 0. The van der Waals surface area contributed by atoms with Crippen LogP contribution < -0.4 is 0 Å². The molecule has 0 aliphatic carbocycles. The Bertz CT molecular complexity index is 2750. The van der Waals surface area contributed by atoms with Crippen LogP contribution >= 0.6 is 0 Å². The van der Waals surface area contributed by atoms with Gasteiger partial charge in [0.25, 0.3) is 0 Å². The fraction of sp³-hybridized carbons (Fsp3) is 0. The van der Waals surface area contributed by atoms with Crippen LogP contribution in [0.2, 0.25) is 0 Å². The molecule has 0 radical (unpaired) electrons. The molecule has 3 heteroatoms. The van der Waals surface area contributed by atoms with Crippen molar-refractivity contribution in [3.05, 3.63) is 176 Å². The third-order valence-electron chi connectivity index (χ3n) is 9.65. The smallest absolute Gasteiger partial charge is 0.138 e. The summed E-state index contributed by atoms with van der Waals surface area (Å²) >= 11 is 0. The molecule has 3 nitrogen and oxygen atoms in total. The second kappa shape index (κ2) is 10.5. The zero-order chi connectivity index (χ0) is 31.6. The van der Waals surface area contributed by atoms with Gasteiger partial charge in [-0.2, -0.15) is 0 Å². The first-order valence-corrected chi connectivity index (χ1v) is 16.4. The molecule has 0 aliphatic heterocycles. The normalized spacial score (nSPS) is 11.8. The van der Waals surface area contributed by atoms with Gasteiger partial charge in [0, 0.05) is 32.8 Å². The number of hydrogen-bond acceptors (Lipinski definition) is 1. The Labute approximate surface area is 277 Å². The van der Waals surface area contributed by atoms with E-state index in [-0.39, 0.29) is 0 Å². The lowest BCUT2D eigenvalue weighted by Gasteiger charge is -2.13. The molecule has 0 fully saturated rings. The van der Waals surface area contributed by atoms with Gasteiger partial charge in [-0.25, -0.2) is 4.98 Å². The van der Waals surface area contributed by atoms with Gasteiger partial charge in [0.1, 0.15) is 5.82 Å². The molecule has 0 N–H and O–H groups in total. The van der Waals surface area contributed by atoms with Crippen LogP contribution in [-0.2, 0) is 0 Å². The van der Waals surface area contributed by atoms with E-state index in [1.165, 1.54) is 54.6 Å². The monoisotopic (exact) mass is 611 g/mol. The predicted octanol–water partition coefficient (Wildman–Crippen LogP) is 11.8. The number of benzene rings is 7. The Morgan fingerprint density at radius 2 is 0.833 bits per heavy atom. The zero-order valence-corrected chi connectivity index (χ0v) is 26.1. The van der Waals surface area contributed by atoms with Crippen LogP contribution in [0, 0.1) is 0 Å². The number of pyridine rings is 1. The molecular formula is C45H29N3. The maximum atomic E-state index is 5.34. The minimum Gasteiger partial charge on any atom is -0.309 e. The highest BCUT2D eigenvalue weighted by Crippen LogP contribution is 2.39. The van der Waals surface area contributed by atoms with Crippen LogP contribution in [0.1, 0.15) is 0 Å². The molecule has 0 saturated heterocycles. The number of aromatic nitrogens is 3. The van der Waals surface area contributed by atoms with Crippen LogP contribution in [0.25, 0.3) is 88.3 Å². The first-order chi connectivity index (χ1) is 23.8. The van der Waals surface area contributed by atoms with E-state index >= 15 is 0 Å². The average Bonchev–Trinajstić information content (AvgIpc) is 3.65. The van der Waals surface area contributed by atoms with Crippen molar-refractivity contribution in [2.45, 2.75) is 0 Å². The summed E-state index contributed by atoms with van der Waals surface area (Å²) in [7, 11) is 0. The van der Waals surface area contributed by atoms with Gasteiger partial charge in [-0.05, 0) is 82.6 Å². The summed E-state index contributed by atoms with van der Waals surface area (Å²) in [5.74, 6) is 0.905. The van der Waals surface area contributed by atoms with Gasteiger partial charge >= 0.3 is 0 Å². The van der Waals surface area contributed by atoms with E-state index in [9.17, 15) is 0 Å². The number of nitrogens with zero attached hydrogens (tertiary/aromatic N) is 3. The Balaban J connectivity index is 1.29. The molecule has 3 aromatic heterocycles. The predicted molar refractivity (Wildman–Crippen MR) is 201 cm³/mol. The van der Waals surface area contributed by atoms with E-state index in [4.69, 9.17) is 4.98 Å². The lowest BCUT2D eigenvalue weighted by molar-refractivity contribution is 1.09. The maximum Gasteiger partial charge on any atom is 0.138 e. The molecule has 0 saturated carbocycles. The lowest BCUT2D eigenvalue weighted by Crippen LogP contribution is -2.00. The summed E-state index contributed by atoms with van der Waals surface area (Å²) in [6.07, 6.45) is 0. The molecule has 0 aliphatic rings. The van der Waals surface area contributed by atoms with E-state index in [0.29, 0.717) is 0 Å². The molecule has 3 heterocycles. The first kappa shape index (κ1) is 26.7. The largest absolute Gasteiger partial charge is 0.309 e. The van der Waals surface area contributed by atoms with Crippen LogP contribution in [0.3, 0.4) is 0 Å². The van der Waals surface area contributed by atoms with Crippen molar-refractivity contribution in [1.82, 2.24) is 14.1 Å². The molecule has 10 aromatic rings. The third kappa shape index (κ3) is 4.11. The Kier molecular flexibility index (Phi) is 5.87. The summed E-state index contributed by atoms with van der Waals surface area (Å²) in [6.45, 7) is 0. The molecule has 0 atom stereocenters. The van der Waals surface area contributed by atoms with E-state index in [2.05, 4.69) is 185 Å². The molecule has 224 valence electrons. The molecule has 0 bridgehead atoms. The number of rotatable bonds is 4. The standard InChI is InChI=1S/C45H29N3/c1-4-14-30(15-5-1)34-26-40(31-16-6-2-7-17-31)46-45(29-34)48-42-23-13-11-21-37(42)39-25-32-27-43-38(24-33(32)28-44(39)48)36-20-10-12-22-41(36)47(43)35-18-8-3-9-19-35/h1-29H. The fourth-order valence-electron chi connectivity index (χ4n) is 7.47. The van der Waals surface area contributed by atoms with E-state index in [0.717, 1.165) is 33.7 Å². The fourth-order valence-corrected chi connectivity index (χ4v) is 7.47. The quantitative estimate of drug-likeness (QED) is 0.194. The van der Waals surface area contributed by atoms with Gasteiger partial charge in [0.15, 0.2) is 0 Å². The number of fused-ring (bicyclic) bond motifs is 7. The van der Waals surface area contributed by atoms with E-state index < -0.39 is 0 Å². The van der Waals surface area contributed by atoms with Crippen molar-refractivity contribution in [3.8, 4) is 33.9 Å². The zero-order valence-electron chi connectivity index (χ0n) is 26.1. The van der Waals surface area contributed by atoms with Gasteiger partial charge in [0.05, 0.1) is 27.8 Å². The molecule has 7 aromatic carbocycles. The molecule has 48 heavy (non-hydrogen) atoms. The van der Waals surface area contributed by atoms with Crippen LogP contribution in [-0.4, -0.2) is 14.1 Å². The van der Waals surface area contributed by atoms with Crippen molar-refractivity contribution >= 4 is 54.4 Å². The molecule has 10 rings (SSSR count). The van der Waals surface area contributed by atoms with E-state index in [1.54, 1.807) is 0 Å². The van der Waals surface area contributed by atoms with Crippen LogP contribution in [0.4, 0.5) is 0 Å². The van der Waals surface area contributed by atoms with Crippen molar-refractivity contribution in [2.24, 2.45) is 0 Å². The minimum atomic E-state index is 0.905.